The first-order valence-electron chi connectivity index (χ1n) is 8.83. The van der Waals surface area contributed by atoms with Gasteiger partial charge in [0.05, 0.1) is 0 Å². The van der Waals surface area contributed by atoms with Crippen molar-refractivity contribution in [1.82, 2.24) is 10.2 Å². The molecule has 1 aliphatic heterocycles. The lowest BCUT2D eigenvalue weighted by molar-refractivity contribution is -0.162. The number of benzene rings is 1. The lowest BCUT2D eigenvalue weighted by atomic mass is 9.96. The third-order valence-corrected chi connectivity index (χ3v) is 5.25. The van der Waals surface area contributed by atoms with E-state index in [-0.39, 0.29) is 30.7 Å². The lowest BCUT2D eigenvalue weighted by Gasteiger charge is -2.30. The zero-order valence-electron chi connectivity index (χ0n) is 15.1. The predicted molar refractivity (Wildman–Crippen MR) is 97.3 cm³/mol. The molecule has 5 nitrogen and oxygen atoms in total. The SMILES string of the molecule is O=C(NCCSCc1ccccc1F)C1CCN(C(=O)OCC(F)(F)F)CC1. The number of likely N-dealkylation sites (tertiary alicyclic amines) is 1. The van der Waals surface area contributed by atoms with Crippen molar-refractivity contribution in [3.05, 3.63) is 35.6 Å². The molecule has 2 rings (SSSR count). The first kappa shape index (κ1) is 22.3. The zero-order valence-corrected chi connectivity index (χ0v) is 16.0. The van der Waals surface area contributed by atoms with E-state index in [1.165, 1.54) is 22.7 Å². The second kappa shape index (κ2) is 10.5. The fourth-order valence-electron chi connectivity index (χ4n) is 2.75. The number of ether oxygens (including phenoxy) is 1. The van der Waals surface area contributed by atoms with Crippen molar-refractivity contribution < 1.29 is 31.9 Å². The van der Waals surface area contributed by atoms with Gasteiger partial charge in [-0.05, 0) is 24.5 Å². The zero-order chi connectivity index (χ0) is 20.6. The third-order valence-electron chi connectivity index (χ3n) is 4.24. The van der Waals surface area contributed by atoms with E-state index >= 15 is 0 Å². The maximum atomic E-state index is 13.5. The Labute approximate surface area is 164 Å². The van der Waals surface area contributed by atoms with Crippen molar-refractivity contribution >= 4 is 23.8 Å². The maximum Gasteiger partial charge on any atom is 0.422 e. The van der Waals surface area contributed by atoms with Gasteiger partial charge in [-0.25, -0.2) is 9.18 Å². The van der Waals surface area contributed by atoms with E-state index in [9.17, 15) is 27.2 Å². The molecule has 0 radical (unpaired) electrons. The van der Waals surface area contributed by atoms with Crippen molar-refractivity contribution in [2.45, 2.75) is 24.8 Å². The number of rotatable bonds is 7. The smallest absolute Gasteiger partial charge is 0.422 e. The van der Waals surface area contributed by atoms with Crippen LogP contribution in [0.3, 0.4) is 0 Å². The van der Waals surface area contributed by atoms with Crippen LogP contribution in [0, 0.1) is 11.7 Å². The molecule has 1 saturated heterocycles. The summed E-state index contributed by atoms with van der Waals surface area (Å²) in [7, 11) is 0. The van der Waals surface area contributed by atoms with Crippen LogP contribution in [-0.2, 0) is 15.3 Å². The first-order valence-corrected chi connectivity index (χ1v) is 9.99. The van der Waals surface area contributed by atoms with E-state index in [0.29, 0.717) is 36.5 Å². The van der Waals surface area contributed by atoms with Gasteiger partial charge in [-0.3, -0.25) is 4.79 Å². The summed E-state index contributed by atoms with van der Waals surface area (Å²) >= 11 is 1.50. The highest BCUT2D eigenvalue weighted by molar-refractivity contribution is 7.98. The number of hydrogen-bond donors (Lipinski definition) is 1. The van der Waals surface area contributed by atoms with Gasteiger partial charge in [0, 0.05) is 37.1 Å². The van der Waals surface area contributed by atoms with E-state index in [1.807, 2.05) is 0 Å². The van der Waals surface area contributed by atoms with Crippen molar-refractivity contribution in [3.63, 3.8) is 0 Å². The molecule has 0 atom stereocenters. The number of nitrogens with zero attached hydrogens (tertiary/aromatic N) is 1. The van der Waals surface area contributed by atoms with Crippen LogP contribution < -0.4 is 5.32 Å². The van der Waals surface area contributed by atoms with Crippen LogP contribution >= 0.6 is 11.8 Å². The fraction of sp³-hybridized carbons (Fsp3) is 0.556. The molecule has 156 valence electrons. The molecule has 0 spiro atoms. The Morgan fingerprint density at radius 2 is 1.89 bits per heavy atom. The Morgan fingerprint density at radius 1 is 1.21 bits per heavy atom. The Kier molecular flexibility index (Phi) is 8.40. The van der Waals surface area contributed by atoms with Gasteiger partial charge in [0.1, 0.15) is 5.82 Å². The van der Waals surface area contributed by atoms with E-state index in [0.717, 1.165) is 0 Å². The van der Waals surface area contributed by atoms with Gasteiger partial charge < -0.3 is 15.0 Å². The molecule has 1 aliphatic rings. The number of carbonyl (C=O) groups is 2. The molecule has 2 amide bonds. The Hall–Kier alpha value is -1.97. The van der Waals surface area contributed by atoms with Crippen LogP contribution in [0.15, 0.2) is 24.3 Å². The molecule has 1 aromatic rings. The van der Waals surface area contributed by atoms with Crippen LogP contribution in [0.5, 0.6) is 0 Å². The number of thioether (sulfide) groups is 1. The molecule has 0 bridgehead atoms. The van der Waals surface area contributed by atoms with Crippen LogP contribution in [-0.4, -0.2) is 55.1 Å². The summed E-state index contributed by atoms with van der Waals surface area (Å²) in [6.07, 6.45) is -4.83. The lowest BCUT2D eigenvalue weighted by Crippen LogP contribution is -2.44. The minimum atomic E-state index is -4.56. The second-order valence-corrected chi connectivity index (χ2v) is 7.47. The number of piperidine rings is 1. The molecule has 1 N–H and O–H groups in total. The van der Waals surface area contributed by atoms with Crippen molar-refractivity contribution in [1.29, 1.82) is 0 Å². The quantitative estimate of drug-likeness (QED) is 0.539. The maximum absolute atomic E-state index is 13.5. The Balaban J connectivity index is 1.60. The van der Waals surface area contributed by atoms with Crippen molar-refractivity contribution in [2.75, 3.05) is 32.0 Å². The Bertz CT molecular complexity index is 664. The number of hydrogen-bond acceptors (Lipinski definition) is 4. The first-order chi connectivity index (χ1) is 13.3. The highest BCUT2D eigenvalue weighted by atomic mass is 32.2. The third kappa shape index (κ3) is 7.57. The number of nitrogens with one attached hydrogen (secondary N) is 1. The minimum Gasteiger partial charge on any atom is -0.440 e. The summed E-state index contributed by atoms with van der Waals surface area (Å²) in [5.74, 6) is 0.460. The number of amides is 2. The van der Waals surface area contributed by atoms with Gasteiger partial charge in [-0.15, -0.1) is 0 Å². The van der Waals surface area contributed by atoms with Gasteiger partial charge in [-0.1, -0.05) is 18.2 Å². The van der Waals surface area contributed by atoms with Crippen molar-refractivity contribution in [3.8, 4) is 0 Å². The average Bonchev–Trinajstić information content (AvgIpc) is 2.66. The summed E-state index contributed by atoms with van der Waals surface area (Å²) < 4.78 is 53.9. The minimum absolute atomic E-state index is 0.144. The molecule has 0 saturated carbocycles. The number of carbonyl (C=O) groups excluding carboxylic acids is 2. The van der Waals surface area contributed by atoms with Crippen LogP contribution in [0.25, 0.3) is 0 Å². The largest absolute Gasteiger partial charge is 0.440 e. The molecule has 1 aromatic carbocycles. The standard InChI is InChI=1S/C18H22F4N2O3S/c19-15-4-2-1-3-14(15)11-28-10-7-23-16(25)13-5-8-24(9-6-13)17(26)27-12-18(20,21)22/h1-4,13H,5-12H2,(H,23,25). The Morgan fingerprint density at radius 3 is 2.54 bits per heavy atom. The van der Waals surface area contributed by atoms with E-state index < -0.39 is 18.9 Å². The molecule has 0 unspecified atom stereocenters. The average molecular weight is 422 g/mol. The molecule has 1 heterocycles. The predicted octanol–water partition coefficient (Wildman–Crippen LogP) is 3.59. The van der Waals surface area contributed by atoms with E-state index in [2.05, 4.69) is 10.1 Å². The topological polar surface area (TPSA) is 58.6 Å². The monoisotopic (exact) mass is 422 g/mol. The molecular formula is C18H22F4N2O3S. The molecule has 10 heteroatoms. The highest BCUT2D eigenvalue weighted by Gasteiger charge is 2.32. The van der Waals surface area contributed by atoms with Crippen molar-refractivity contribution in [2.24, 2.45) is 5.92 Å². The van der Waals surface area contributed by atoms with E-state index in [4.69, 9.17) is 0 Å². The molecule has 28 heavy (non-hydrogen) atoms. The summed E-state index contributed by atoms with van der Waals surface area (Å²) in [5.41, 5.74) is 0.614. The molecular weight excluding hydrogens is 400 g/mol. The van der Waals surface area contributed by atoms with Gasteiger partial charge in [0.2, 0.25) is 5.91 Å². The van der Waals surface area contributed by atoms with Gasteiger partial charge >= 0.3 is 12.3 Å². The van der Waals surface area contributed by atoms with Gasteiger partial charge in [0.15, 0.2) is 6.61 Å². The fourth-order valence-corrected chi connectivity index (χ4v) is 3.59. The van der Waals surface area contributed by atoms with Gasteiger partial charge in [0.25, 0.3) is 0 Å². The highest BCUT2D eigenvalue weighted by Crippen LogP contribution is 2.20. The van der Waals surface area contributed by atoms with Gasteiger partial charge in [-0.2, -0.15) is 24.9 Å². The van der Waals surface area contributed by atoms with Crippen LogP contribution in [0.2, 0.25) is 0 Å². The summed E-state index contributed by atoms with van der Waals surface area (Å²) in [5, 5.41) is 2.81. The van der Waals surface area contributed by atoms with Crippen LogP contribution in [0.4, 0.5) is 22.4 Å². The number of halogens is 4. The molecule has 0 aromatic heterocycles. The van der Waals surface area contributed by atoms with Crippen LogP contribution in [0.1, 0.15) is 18.4 Å². The second-order valence-electron chi connectivity index (χ2n) is 6.37. The normalized spacial score (nSPS) is 15.4. The van der Waals surface area contributed by atoms with E-state index in [1.54, 1.807) is 18.2 Å². The number of alkyl halides is 3. The molecule has 1 fully saturated rings. The summed E-state index contributed by atoms with van der Waals surface area (Å²) in [6.45, 7) is -0.823. The molecule has 0 aliphatic carbocycles. The summed E-state index contributed by atoms with van der Waals surface area (Å²) in [4.78, 5) is 24.9. The summed E-state index contributed by atoms with van der Waals surface area (Å²) in [6, 6.07) is 6.52.